The number of ether oxygens (including phenoxy) is 1. The van der Waals surface area contributed by atoms with Crippen molar-refractivity contribution in [2.75, 3.05) is 18.5 Å². The normalized spacial score (nSPS) is 13.1. The molecule has 0 saturated carbocycles. The fraction of sp³-hybridized carbons (Fsp3) is 0.727. The fourth-order valence-corrected chi connectivity index (χ4v) is 1.98. The number of aryl methyl sites for hydroxylation is 1. The minimum absolute atomic E-state index is 0.343. The van der Waals surface area contributed by atoms with Crippen molar-refractivity contribution in [1.29, 1.82) is 0 Å². The molecule has 0 aliphatic carbocycles. The van der Waals surface area contributed by atoms with Crippen LogP contribution in [0, 0.1) is 12.8 Å². The van der Waals surface area contributed by atoms with Crippen LogP contribution in [0.2, 0.25) is 0 Å². The Bertz CT molecular complexity index is 286. The first kappa shape index (κ1) is 12.5. The highest BCUT2D eigenvalue weighted by atomic mass is 32.1. The predicted octanol–water partition coefficient (Wildman–Crippen LogP) is 2.92. The van der Waals surface area contributed by atoms with Gasteiger partial charge in [0, 0.05) is 12.0 Å². The van der Waals surface area contributed by atoms with Crippen LogP contribution >= 0.6 is 11.3 Å². The second-order valence-corrected chi connectivity index (χ2v) is 4.81. The van der Waals surface area contributed by atoms with Gasteiger partial charge in [-0.1, -0.05) is 13.8 Å². The van der Waals surface area contributed by atoms with Gasteiger partial charge in [0.2, 0.25) is 0 Å². The fourth-order valence-electron chi connectivity index (χ4n) is 1.22. The van der Waals surface area contributed by atoms with E-state index >= 15 is 0 Å². The SMILES string of the molecule is CCOCC(Nc1nc(C)cs1)C(C)C. The van der Waals surface area contributed by atoms with E-state index < -0.39 is 0 Å². The van der Waals surface area contributed by atoms with Gasteiger partial charge in [-0.3, -0.25) is 0 Å². The van der Waals surface area contributed by atoms with Gasteiger partial charge in [0.25, 0.3) is 0 Å². The van der Waals surface area contributed by atoms with Gasteiger partial charge < -0.3 is 10.1 Å². The van der Waals surface area contributed by atoms with Crippen LogP contribution in [0.1, 0.15) is 26.5 Å². The smallest absolute Gasteiger partial charge is 0.183 e. The first-order chi connectivity index (χ1) is 7.13. The molecular weight excluding hydrogens is 208 g/mol. The van der Waals surface area contributed by atoms with Gasteiger partial charge in [-0.15, -0.1) is 11.3 Å². The second-order valence-electron chi connectivity index (χ2n) is 3.95. The maximum atomic E-state index is 5.45. The molecule has 0 bridgehead atoms. The molecular formula is C11H20N2OS. The second kappa shape index (κ2) is 6.08. The lowest BCUT2D eigenvalue weighted by atomic mass is 10.1. The lowest BCUT2D eigenvalue weighted by molar-refractivity contribution is 0.127. The number of nitrogens with zero attached hydrogens (tertiary/aromatic N) is 1. The summed E-state index contributed by atoms with van der Waals surface area (Å²) in [5, 5.41) is 6.46. The Morgan fingerprint density at radius 1 is 1.53 bits per heavy atom. The van der Waals surface area contributed by atoms with E-state index in [2.05, 4.69) is 29.5 Å². The minimum atomic E-state index is 0.343. The number of anilines is 1. The lowest BCUT2D eigenvalue weighted by Gasteiger charge is -2.21. The van der Waals surface area contributed by atoms with Gasteiger partial charge in [-0.2, -0.15) is 0 Å². The van der Waals surface area contributed by atoms with Crippen molar-refractivity contribution in [1.82, 2.24) is 4.98 Å². The molecule has 0 aromatic carbocycles. The molecule has 0 fully saturated rings. The molecule has 0 aliphatic rings. The zero-order valence-corrected chi connectivity index (χ0v) is 10.7. The molecule has 1 unspecified atom stereocenters. The largest absolute Gasteiger partial charge is 0.380 e. The summed E-state index contributed by atoms with van der Waals surface area (Å²) in [6, 6.07) is 0.343. The van der Waals surface area contributed by atoms with Gasteiger partial charge in [-0.25, -0.2) is 4.98 Å². The quantitative estimate of drug-likeness (QED) is 0.813. The van der Waals surface area contributed by atoms with E-state index in [-0.39, 0.29) is 0 Å². The topological polar surface area (TPSA) is 34.1 Å². The molecule has 3 nitrogen and oxygen atoms in total. The zero-order valence-electron chi connectivity index (χ0n) is 9.91. The lowest BCUT2D eigenvalue weighted by Crippen LogP contribution is -2.30. The summed E-state index contributed by atoms with van der Waals surface area (Å²) in [4.78, 5) is 4.39. The van der Waals surface area contributed by atoms with Crippen LogP contribution in [0.15, 0.2) is 5.38 Å². The maximum Gasteiger partial charge on any atom is 0.183 e. The third kappa shape index (κ3) is 4.18. The van der Waals surface area contributed by atoms with E-state index in [1.54, 1.807) is 11.3 Å². The van der Waals surface area contributed by atoms with E-state index in [9.17, 15) is 0 Å². The Morgan fingerprint density at radius 3 is 2.73 bits per heavy atom. The number of aromatic nitrogens is 1. The van der Waals surface area contributed by atoms with E-state index in [4.69, 9.17) is 4.74 Å². The summed E-state index contributed by atoms with van der Waals surface area (Å²) in [7, 11) is 0. The van der Waals surface area contributed by atoms with Gasteiger partial charge in [-0.05, 0) is 19.8 Å². The Hall–Kier alpha value is -0.610. The van der Waals surface area contributed by atoms with Crippen LogP contribution in [-0.4, -0.2) is 24.2 Å². The average Bonchev–Trinajstić information content (AvgIpc) is 2.58. The van der Waals surface area contributed by atoms with Crippen molar-refractivity contribution in [3.05, 3.63) is 11.1 Å². The highest BCUT2D eigenvalue weighted by Crippen LogP contribution is 2.18. The van der Waals surface area contributed by atoms with Gasteiger partial charge >= 0.3 is 0 Å². The summed E-state index contributed by atoms with van der Waals surface area (Å²) in [6.07, 6.45) is 0. The Morgan fingerprint density at radius 2 is 2.27 bits per heavy atom. The number of thiazole rings is 1. The van der Waals surface area contributed by atoms with Gasteiger partial charge in [0.15, 0.2) is 5.13 Å². The molecule has 15 heavy (non-hydrogen) atoms. The van der Waals surface area contributed by atoms with Crippen LogP contribution in [0.3, 0.4) is 0 Å². The van der Waals surface area contributed by atoms with Crippen LogP contribution in [-0.2, 0) is 4.74 Å². The van der Waals surface area contributed by atoms with E-state index in [0.29, 0.717) is 12.0 Å². The Balaban J connectivity index is 2.50. The summed E-state index contributed by atoms with van der Waals surface area (Å²) in [6.45, 7) is 9.92. The molecule has 1 atom stereocenters. The van der Waals surface area contributed by atoms with Crippen molar-refractivity contribution in [2.45, 2.75) is 33.7 Å². The monoisotopic (exact) mass is 228 g/mol. The molecule has 4 heteroatoms. The highest BCUT2D eigenvalue weighted by Gasteiger charge is 2.14. The standard InChI is InChI=1S/C11H20N2OS/c1-5-14-6-10(8(2)3)13-11-12-9(4)7-15-11/h7-8,10H,5-6H2,1-4H3,(H,12,13). The van der Waals surface area contributed by atoms with Crippen LogP contribution < -0.4 is 5.32 Å². The van der Waals surface area contributed by atoms with Crippen molar-refractivity contribution < 1.29 is 4.74 Å². The molecule has 1 aromatic rings. The molecule has 0 aliphatic heterocycles. The molecule has 1 N–H and O–H groups in total. The van der Waals surface area contributed by atoms with Crippen molar-refractivity contribution in [3.63, 3.8) is 0 Å². The first-order valence-electron chi connectivity index (χ1n) is 5.40. The third-order valence-electron chi connectivity index (χ3n) is 2.23. The van der Waals surface area contributed by atoms with E-state index in [1.165, 1.54) is 0 Å². The molecule has 0 saturated heterocycles. The van der Waals surface area contributed by atoms with E-state index in [1.807, 2.05) is 13.8 Å². The molecule has 0 spiro atoms. The van der Waals surface area contributed by atoms with Crippen LogP contribution in [0.4, 0.5) is 5.13 Å². The summed E-state index contributed by atoms with van der Waals surface area (Å²) >= 11 is 1.65. The molecule has 1 heterocycles. The number of hydrogen-bond acceptors (Lipinski definition) is 4. The molecule has 86 valence electrons. The number of rotatable bonds is 6. The third-order valence-corrected chi connectivity index (χ3v) is 3.13. The van der Waals surface area contributed by atoms with Crippen LogP contribution in [0.5, 0.6) is 0 Å². The summed E-state index contributed by atoms with van der Waals surface area (Å²) in [5.41, 5.74) is 1.07. The molecule has 0 radical (unpaired) electrons. The van der Waals surface area contributed by atoms with Gasteiger partial charge in [0.1, 0.15) is 0 Å². The molecule has 0 amide bonds. The average molecular weight is 228 g/mol. The molecule has 1 rings (SSSR count). The van der Waals surface area contributed by atoms with Crippen molar-refractivity contribution >= 4 is 16.5 Å². The Kier molecular flexibility index (Phi) is 5.05. The maximum absolute atomic E-state index is 5.45. The van der Waals surface area contributed by atoms with Crippen molar-refractivity contribution in [3.8, 4) is 0 Å². The van der Waals surface area contributed by atoms with Gasteiger partial charge in [0.05, 0.1) is 18.3 Å². The summed E-state index contributed by atoms with van der Waals surface area (Å²) in [5.74, 6) is 0.542. The van der Waals surface area contributed by atoms with Crippen LogP contribution in [0.25, 0.3) is 0 Å². The number of hydrogen-bond donors (Lipinski definition) is 1. The minimum Gasteiger partial charge on any atom is -0.380 e. The molecule has 1 aromatic heterocycles. The number of nitrogens with one attached hydrogen (secondary N) is 1. The summed E-state index contributed by atoms with van der Waals surface area (Å²) < 4.78 is 5.45. The first-order valence-corrected chi connectivity index (χ1v) is 6.27. The zero-order chi connectivity index (χ0) is 11.3. The van der Waals surface area contributed by atoms with Crippen molar-refractivity contribution in [2.24, 2.45) is 5.92 Å². The highest BCUT2D eigenvalue weighted by molar-refractivity contribution is 7.13. The van der Waals surface area contributed by atoms with E-state index in [0.717, 1.165) is 24.0 Å². The Labute approximate surface area is 95.9 Å². The predicted molar refractivity (Wildman–Crippen MR) is 65.6 cm³/mol.